The Bertz CT molecular complexity index is 146. The average molecular weight is 147 g/mol. The first-order valence-corrected chi connectivity index (χ1v) is 3.79. The summed E-state index contributed by atoms with van der Waals surface area (Å²) in [4.78, 5) is 0. The molecule has 0 amide bonds. The van der Waals surface area contributed by atoms with Crippen molar-refractivity contribution >= 4 is 0 Å². The number of halogens is 2. The van der Waals surface area contributed by atoms with Crippen LogP contribution in [0.2, 0.25) is 0 Å². The van der Waals surface area contributed by atoms with Crippen LogP contribution in [0.15, 0.2) is 0 Å². The van der Waals surface area contributed by atoms with Gasteiger partial charge in [-0.2, -0.15) is 0 Å². The number of alkyl halides is 2. The Hall–Kier alpha value is -0.180. The number of hydrogen-bond donors (Lipinski definition) is 1. The van der Waals surface area contributed by atoms with Crippen LogP contribution in [-0.2, 0) is 0 Å². The summed E-state index contributed by atoms with van der Waals surface area (Å²) in [5.41, 5.74) is -0.759. The maximum absolute atomic E-state index is 13.0. The molecule has 1 saturated carbocycles. The molecule has 2 rings (SSSR count). The fourth-order valence-corrected chi connectivity index (χ4v) is 1.67. The second kappa shape index (κ2) is 1.70. The maximum atomic E-state index is 13.0. The van der Waals surface area contributed by atoms with Gasteiger partial charge in [-0.05, 0) is 25.8 Å². The van der Waals surface area contributed by atoms with Crippen LogP contribution in [0.3, 0.4) is 0 Å². The van der Waals surface area contributed by atoms with Crippen molar-refractivity contribution in [2.75, 3.05) is 6.54 Å². The Morgan fingerprint density at radius 2 is 1.80 bits per heavy atom. The second-order valence-corrected chi connectivity index (χ2v) is 3.32. The minimum atomic E-state index is -2.43. The summed E-state index contributed by atoms with van der Waals surface area (Å²) < 4.78 is 26.0. The zero-order chi connectivity index (χ0) is 7.24. The molecule has 1 aliphatic carbocycles. The molecule has 1 spiro atoms. The minimum absolute atomic E-state index is 0.0833. The molecule has 0 atom stereocenters. The molecule has 3 heteroatoms. The highest BCUT2D eigenvalue weighted by atomic mass is 19.3. The highest BCUT2D eigenvalue weighted by Gasteiger charge is 2.62. The van der Waals surface area contributed by atoms with Crippen LogP contribution in [0.5, 0.6) is 0 Å². The predicted molar refractivity (Wildman–Crippen MR) is 34.1 cm³/mol. The fourth-order valence-electron chi connectivity index (χ4n) is 1.67. The molecule has 1 nitrogen and oxygen atoms in total. The Balaban J connectivity index is 2.15. The van der Waals surface area contributed by atoms with Crippen molar-refractivity contribution in [3.05, 3.63) is 0 Å². The van der Waals surface area contributed by atoms with Crippen LogP contribution in [0.4, 0.5) is 8.78 Å². The van der Waals surface area contributed by atoms with E-state index >= 15 is 0 Å². The third-order valence-corrected chi connectivity index (χ3v) is 2.58. The van der Waals surface area contributed by atoms with E-state index in [9.17, 15) is 8.78 Å². The molecule has 1 saturated heterocycles. The van der Waals surface area contributed by atoms with E-state index in [1.807, 2.05) is 0 Å². The summed E-state index contributed by atoms with van der Waals surface area (Å²) >= 11 is 0. The topological polar surface area (TPSA) is 12.0 Å². The van der Waals surface area contributed by atoms with Crippen molar-refractivity contribution in [2.24, 2.45) is 0 Å². The first-order valence-electron chi connectivity index (χ1n) is 3.79. The minimum Gasteiger partial charge on any atom is -0.306 e. The molecule has 2 aliphatic rings. The van der Waals surface area contributed by atoms with E-state index in [2.05, 4.69) is 5.32 Å². The number of hydrogen-bond acceptors (Lipinski definition) is 1. The van der Waals surface area contributed by atoms with Crippen LogP contribution < -0.4 is 5.32 Å². The van der Waals surface area contributed by atoms with Gasteiger partial charge in [0.2, 0.25) is 0 Å². The molecular weight excluding hydrogens is 136 g/mol. The van der Waals surface area contributed by atoms with Crippen molar-refractivity contribution in [3.8, 4) is 0 Å². The summed E-state index contributed by atoms with van der Waals surface area (Å²) in [6.07, 6.45) is 2.04. The molecule has 0 radical (unpaired) electrons. The van der Waals surface area contributed by atoms with Gasteiger partial charge >= 0.3 is 0 Å². The monoisotopic (exact) mass is 147 g/mol. The van der Waals surface area contributed by atoms with Crippen molar-refractivity contribution in [1.82, 2.24) is 5.32 Å². The molecule has 2 fully saturated rings. The fraction of sp³-hybridized carbons (Fsp3) is 1.00. The smallest absolute Gasteiger partial charge is 0.265 e. The third-order valence-electron chi connectivity index (χ3n) is 2.58. The molecule has 1 heterocycles. The molecule has 1 aliphatic heterocycles. The van der Waals surface area contributed by atoms with Gasteiger partial charge in [-0.1, -0.05) is 0 Å². The van der Waals surface area contributed by atoms with Crippen LogP contribution >= 0.6 is 0 Å². The van der Waals surface area contributed by atoms with Gasteiger partial charge in [0, 0.05) is 6.42 Å². The van der Waals surface area contributed by atoms with Gasteiger partial charge in [0.15, 0.2) is 0 Å². The Labute approximate surface area is 58.8 Å². The van der Waals surface area contributed by atoms with E-state index < -0.39 is 11.5 Å². The molecule has 0 aromatic heterocycles. The molecule has 0 unspecified atom stereocenters. The van der Waals surface area contributed by atoms with Crippen LogP contribution in [-0.4, -0.2) is 18.0 Å². The van der Waals surface area contributed by atoms with E-state index in [1.54, 1.807) is 0 Å². The van der Waals surface area contributed by atoms with E-state index in [-0.39, 0.29) is 6.42 Å². The lowest BCUT2D eigenvalue weighted by Gasteiger charge is -2.32. The molecule has 0 aromatic rings. The Morgan fingerprint density at radius 1 is 1.10 bits per heavy atom. The van der Waals surface area contributed by atoms with E-state index in [0.717, 1.165) is 6.54 Å². The zero-order valence-electron chi connectivity index (χ0n) is 5.79. The molecule has 58 valence electrons. The standard InChI is InChI=1S/C7H11F2N/c8-7(9)2-1-5-10-6(7)3-4-6/h10H,1-5H2. The number of piperidine rings is 1. The van der Waals surface area contributed by atoms with Crippen molar-refractivity contribution in [3.63, 3.8) is 0 Å². The van der Waals surface area contributed by atoms with Gasteiger partial charge in [-0.3, -0.25) is 0 Å². The summed E-state index contributed by atoms with van der Waals surface area (Å²) in [7, 11) is 0. The lowest BCUT2D eigenvalue weighted by atomic mass is 9.98. The van der Waals surface area contributed by atoms with Gasteiger partial charge < -0.3 is 5.32 Å². The Kier molecular flexibility index (Phi) is 1.11. The van der Waals surface area contributed by atoms with Crippen molar-refractivity contribution in [1.29, 1.82) is 0 Å². The largest absolute Gasteiger partial charge is 0.306 e. The predicted octanol–water partition coefficient (Wildman–Crippen LogP) is 1.54. The molecule has 0 aromatic carbocycles. The van der Waals surface area contributed by atoms with Crippen LogP contribution in [0.25, 0.3) is 0 Å². The number of rotatable bonds is 0. The summed E-state index contributed by atoms with van der Waals surface area (Å²) in [6.45, 7) is 0.773. The zero-order valence-corrected chi connectivity index (χ0v) is 5.79. The van der Waals surface area contributed by atoms with Crippen molar-refractivity contribution in [2.45, 2.75) is 37.1 Å². The van der Waals surface area contributed by atoms with Gasteiger partial charge in [0.25, 0.3) is 5.92 Å². The first kappa shape index (κ1) is 6.53. The van der Waals surface area contributed by atoms with Gasteiger partial charge in [-0.25, -0.2) is 8.78 Å². The van der Waals surface area contributed by atoms with Gasteiger partial charge in [0.1, 0.15) is 0 Å². The second-order valence-electron chi connectivity index (χ2n) is 3.32. The summed E-state index contributed by atoms with van der Waals surface area (Å²) in [6, 6.07) is 0. The van der Waals surface area contributed by atoms with E-state index in [0.29, 0.717) is 19.3 Å². The van der Waals surface area contributed by atoms with E-state index in [4.69, 9.17) is 0 Å². The van der Waals surface area contributed by atoms with Crippen LogP contribution in [0, 0.1) is 0 Å². The molecule has 10 heavy (non-hydrogen) atoms. The lowest BCUT2D eigenvalue weighted by Crippen LogP contribution is -2.51. The molecule has 1 N–H and O–H groups in total. The summed E-state index contributed by atoms with van der Waals surface area (Å²) in [5, 5.41) is 2.91. The first-order chi connectivity index (χ1) is 4.66. The lowest BCUT2D eigenvalue weighted by molar-refractivity contribution is -0.0721. The average Bonchev–Trinajstić information content (AvgIpc) is 2.59. The quantitative estimate of drug-likeness (QED) is 0.548. The highest BCUT2D eigenvalue weighted by Crippen LogP contribution is 2.51. The maximum Gasteiger partial charge on any atom is 0.265 e. The molecular formula is C7H11F2N. The van der Waals surface area contributed by atoms with Gasteiger partial charge in [0.05, 0.1) is 5.54 Å². The third kappa shape index (κ3) is 0.698. The van der Waals surface area contributed by atoms with Gasteiger partial charge in [-0.15, -0.1) is 0 Å². The normalized spacial score (nSPS) is 34.2. The highest BCUT2D eigenvalue weighted by molar-refractivity contribution is 5.13. The summed E-state index contributed by atoms with van der Waals surface area (Å²) in [5.74, 6) is -2.43. The van der Waals surface area contributed by atoms with Crippen molar-refractivity contribution < 1.29 is 8.78 Å². The van der Waals surface area contributed by atoms with Crippen LogP contribution in [0.1, 0.15) is 25.7 Å². The Morgan fingerprint density at radius 3 is 2.20 bits per heavy atom. The van der Waals surface area contributed by atoms with E-state index in [1.165, 1.54) is 0 Å². The molecule has 0 bridgehead atoms. The SMILES string of the molecule is FC1(F)CCCNC12CC2. The number of nitrogens with one attached hydrogen (secondary N) is 1.